The predicted molar refractivity (Wildman–Crippen MR) is 71.6 cm³/mol. The highest BCUT2D eigenvalue weighted by atomic mass is 16.5. The molecule has 1 aliphatic heterocycles. The minimum atomic E-state index is 0.107. The number of fused-ring (bicyclic) bond motifs is 1. The largest absolute Gasteiger partial charge is 0.497 e. The fourth-order valence-electron chi connectivity index (χ4n) is 2.67. The van der Waals surface area contributed by atoms with E-state index < -0.39 is 0 Å². The molecule has 0 N–H and O–H groups in total. The minimum absolute atomic E-state index is 0.107. The van der Waals surface area contributed by atoms with Crippen molar-refractivity contribution in [2.24, 2.45) is 5.92 Å². The Bertz CT molecular complexity index is 534. The van der Waals surface area contributed by atoms with Crippen LogP contribution in [-0.4, -0.2) is 25.3 Å². The summed E-state index contributed by atoms with van der Waals surface area (Å²) in [6.45, 7) is 0.494. The van der Waals surface area contributed by atoms with E-state index in [0.29, 0.717) is 30.0 Å². The maximum Gasteiger partial charge on any atom is 0.230 e. The van der Waals surface area contributed by atoms with Gasteiger partial charge in [-0.15, -0.1) is 0 Å². The fraction of sp³-hybridized carbons (Fsp3) is 0.467. The average molecular weight is 259 g/mol. The van der Waals surface area contributed by atoms with Gasteiger partial charge in [0.2, 0.25) is 5.91 Å². The molecule has 3 rings (SSSR count). The van der Waals surface area contributed by atoms with Crippen molar-refractivity contribution in [2.45, 2.75) is 25.7 Å². The lowest BCUT2D eigenvalue weighted by Gasteiger charge is -2.34. The lowest BCUT2D eigenvalue weighted by atomic mass is 9.83. The molecule has 1 fully saturated rings. The van der Waals surface area contributed by atoms with Crippen LogP contribution in [0.2, 0.25) is 0 Å². The molecule has 1 aromatic carbocycles. The summed E-state index contributed by atoms with van der Waals surface area (Å²) in [7, 11) is 1.59. The molecular weight excluding hydrogens is 242 g/mol. The number of hydrogen-bond donors (Lipinski definition) is 0. The maximum absolute atomic E-state index is 12.4. The lowest BCUT2D eigenvalue weighted by Crippen LogP contribution is -2.43. The highest BCUT2D eigenvalue weighted by Crippen LogP contribution is 2.35. The lowest BCUT2D eigenvalue weighted by molar-refractivity contribution is -0.124. The van der Waals surface area contributed by atoms with E-state index in [4.69, 9.17) is 4.74 Å². The van der Waals surface area contributed by atoms with Crippen LogP contribution in [0.1, 0.15) is 36.0 Å². The zero-order valence-electron chi connectivity index (χ0n) is 11.0. The first-order valence-electron chi connectivity index (χ1n) is 6.73. The van der Waals surface area contributed by atoms with Crippen molar-refractivity contribution in [1.82, 2.24) is 0 Å². The second kappa shape index (κ2) is 4.68. The van der Waals surface area contributed by atoms with Crippen molar-refractivity contribution in [3.63, 3.8) is 0 Å². The molecule has 4 nitrogen and oxygen atoms in total. The number of ketones is 1. The van der Waals surface area contributed by atoms with E-state index in [1.54, 1.807) is 30.2 Å². The first-order chi connectivity index (χ1) is 9.20. The zero-order chi connectivity index (χ0) is 13.4. The molecule has 19 heavy (non-hydrogen) atoms. The number of Topliss-reactive ketones (excluding diaryl/α,β-unsaturated/α-hetero) is 1. The molecule has 1 aliphatic carbocycles. The minimum Gasteiger partial charge on any atom is -0.497 e. The summed E-state index contributed by atoms with van der Waals surface area (Å²) in [5, 5.41) is 0. The third-order valence-electron chi connectivity index (χ3n) is 4.08. The van der Waals surface area contributed by atoms with E-state index in [9.17, 15) is 9.59 Å². The van der Waals surface area contributed by atoms with Crippen LogP contribution in [0.25, 0.3) is 0 Å². The Morgan fingerprint density at radius 2 is 2.16 bits per heavy atom. The standard InChI is InChI=1S/C15H17NO3/c1-19-11-5-6-12-13(9-11)16(8-7-14(12)17)15(18)10-3-2-4-10/h5-6,9-10H,2-4,7-8H2,1H3. The van der Waals surface area contributed by atoms with Gasteiger partial charge in [0, 0.05) is 30.5 Å². The van der Waals surface area contributed by atoms with Crippen molar-refractivity contribution >= 4 is 17.4 Å². The van der Waals surface area contributed by atoms with Crippen molar-refractivity contribution in [1.29, 1.82) is 0 Å². The number of carbonyl (C=O) groups excluding carboxylic acids is 2. The van der Waals surface area contributed by atoms with Crippen LogP contribution in [0.3, 0.4) is 0 Å². The fourth-order valence-corrected chi connectivity index (χ4v) is 2.67. The third-order valence-corrected chi connectivity index (χ3v) is 4.08. The smallest absolute Gasteiger partial charge is 0.230 e. The summed E-state index contributed by atoms with van der Waals surface area (Å²) in [6.07, 6.45) is 3.50. The van der Waals surface area contributed by atoms with Gasteiger partial charge in [0.25, 0.3) is 0 Å². The number of anilines is 1. The summed E-state index contributed by atoms with van der Waals surface area (Å²) in [6, 6.07) is 5.33. The molecule has 0 unspecified atom stereocenters. The molecule has 0 aromatic heterocycles. The Kier molecular flexibility index (Phi) is 3.01. The molecule has 0 radical (unpaired) electrons. The normalized spacial score (nSPS) is 18.8. The van der Waals surface area contributed by atoms with Crippen LogP contribution in [0.4, 0.5) is 5.69 Å². The van der Waals surface area contributed by atoms with Crippen molar-refractivity contribution in [3.05, 3.63) is 23.8 Å². The Hall–Kier alpha value is -1.84. The number of ether oxygens (including phenoxy) is 1. The van der Waals surface area contributed by atoms with Crippen molar-refractivity contribution < 1.29 is 14.3 Å². The first-order valence-corrected chi connectivity index (χ1v) is 6.73. The van der Waals surface area contributed by atoms with Crippen LogP contribution in [-0.2, 0) is 4.79 Å². The van der Waals surface area contributed by atoms with Gasteiger partial charge < -0.3 is 9.64 Å². The zero-order valence-corrected chi connectivity index (χ0v) is 11.0. The highest BCUT2D eigenvalue weighted by Gasteiger charge is 2.34. The van der Waals surface area contributed by atoms with Gasteiger partial charge in [-0.25, -0.2) is 0 Å². The van der Waals surface area contributed by atoms with Gasteiger partial charge in [-0.3, -0.25) is 9.59 Å². The molecule has 2 aliphatic rings. The molecular formula is C15H17NO3. The van der Waals surface area contributed by atoms with Crippen molar-refractivity contribution in [3.8, 4) is 5.75 Å². The summed E-state index contributed by atoms with van der Waals surface area (Å²) in [5.74, 6) is 1.09. The van der Waals surface area contributed by atoms with E-state index in [1.807, 2.05) is 0 Å². The van der Waals surface area contributed by atoms with E-state index in [1.165, 1.54) is 0 Å². The maximum atomic E-state index is 12.4. The number of rotatable bonds is 2. The molecule has 4 heteroatoms. The van der Waals surface area contributed by atoms with Gasteiger partial charge in [0.05, 0.1) is 12.8 Å². The van der Waals surface area contributed by atoms with Gasteiger partial charge in [0.15, 0.2) is 5.78 Å². The summed E-state index contributed by atoms with van der Waals surface area (Å²) >= 11 is 0. The number of amides is 1. The summed E-state index contributed by atoms with van der Waals surface area (Å²) in [5.41, 5.74) is 1.35. The van der Waals surface area contributed by atoms with Crippen LogP contribution >= 0.6 is 0 Å². The van der Waals surface area contributed by atoms with E-state index in [-0.39, 0.29) is 17.6 Å². The molecule has 0 bridgehead atoms. The highest BCUT2D eigenvalue weighted by molar-refractivity contribution is 6.09. The molecule has 1 heterocycles. The van der Waals surface area contributed by atoms with Crippen molar-refractivity contribution in [2.75, 3.05) is 18.6 Å². The first kappa shape index (κ1) is 12.2. The number of methoxy groups -OCH3 is 1. The van der Waals surface area contributed by atoms with E-state index in [0.717, 1.165) is 19.3 Å². The number of nitrogens with zero attached hydrogens (tertiary/aromatic N) is 1. The van der Waals surface area contributed by atoms with Gasteiger partial charge >= 0.3 is 0 Å². The topological polar surface area (TPSA) is 46.6 Å². The molecule has 0 spiro atoms. The van der Waals surface area contributed by atoms with Gasteiger partial charge in [-0.2, -0.15) is 0 Å². The monoisotopic (exact) mass is 259 g/mol. The molecule has 100 valence electrons. The van der Waals surface area contributed by atoms with Gasteiger partial charge in [-0.1, -0.05) is 6.42 Å². The second-order valence-electron chi connectivity index (χ2n) is 5.17. The van der Waals surface area contributed by atoms with Crippen LogP contribution in [0.15, 0.2) is 18.2 Å². The quantitative estimate of drug-likeness (QED) is 0.819. The van der Waals surface area contributed by atoms with Crippen LogP contribution in [0.5, 0.6) is 5.75 Å². The second-order valence-corrected chi connectivity index (χ2v) is 5.17. The number of carbonyl (C=O) groups is 2. The number of hydrogen-bond acceptors (Lipinski definition) is 3. The molecule has 1 amide bonds. The predicted octanol–water partition coefficient (Wildman–Crippen LogP) is 2.41. The molecule has 0 atom stereocenters. The number of benzene rings is 1. The summed E-state index contributed by atoms with van der Waals surface area (Å²) in [4.78, 5) is 26.1. The Balaban J connectivity index is 1.98. The summed E-state index contributed by atoms with van der Waals surface area (Å²) < 4.78 is 5.20. The van der Waals surface area contributed by atoms with Crippen LogP contribution in [0, 0.1) is 5.92 Å². The third kappa shape index (κ3) is 2.01. The van der Waals surface area contributed by atoms with Crippen LogP contribution < -0.4 is 9.64 Å². The molecule has 1 saturated carbocycles. The Labute approximate surface area is 112 Å². The average Bonchev–Trinajstić information content (AvgIpc) is 2.36. The van der Waals surface area contributed by atoms with E-state index >= 15 is 0 Å². The Morgan fingerprint density at radius 1 is 1.37 bits per heavy atom. The van der Waals surface area contributed by atoms with E-state index in [2.05, 4.69) is 0 Å². The van der Waals surface area contributed by atoms with Gasteiger partial charge in [0.1, 0.15) is 5.75 Å². The molecule has 1 aromatic rings. The SMILES string of the molecule is COc1ccc2c(c1)N(C(=O)C1CCC1)CCC2=O. The molecule has 0 saturated heterocycles. The van der Waals surface area contributed by atoms with Gasteiger partial charge in [-0.05, 0) is 25.0 Å². The Morgan fingerprint density at radius 3 is 2.79 bits per heavy atom.